The molecule has 1 heterocycles. The van der Waals surface area contributed by atoms with Crippen molar-refractivity contribution in [3.63, 3.8) is 0 Å². The fourth-order valence-electron chi connectivity index (χ4n) is 3.06. The Morgan fingerprint density at radius 1 is 1.00 bits per heavy atom. The monoisotopic (exact) mass is 280 g/mol. The second-order valence-electron chi connectivity index (χ2n) is 5.95. The van der Waals surface area contributed by atoms with Crippen LogP contribution in [0.2, 0.25) is 0 Å². The van der Waals surface area contributed by atoms with Gasteiger partial charge in [0, 0.05) is 31.7 Å². The van der Waals surface area contributed by atoms with Gasteiger partial charge in [0.05, 0.1) is 0 Å². The minimum Gasteiger partial charge on any atom is -0.307 e. The van der Waals surface area contributed by atoms with Gasteiger partial charge in [0.15, 0.2) is 0 Å². The standard InChI is InChI=1S/C19H24N2/c1-16-14-20-19(18-10-6-3-7-11-18)15-21(16)13-12-17-8-4-2-5-9-17/h2-11,16,19-20H,12-15H2,1H3. The number of benzene rings is 2. The predicted molar refractivity (Wildman–Crippen MR) is 88.4 cm³/mol. The summed E-state index contributed by atoms with van der Waals surface area (Å²) in [6.07, 6.45) is 1.13. The molecule has 1 saturated heterocycles. The molecule has 0 aliphatic carbocycles. The van der Waals surface area contributed by atoms with E-state index in [4.69, 9.17) is 0 Å². The lowest BCUT2D eigenvalue weighted by molar-refractivity contribution is 0.143. The van der Waals surface area contributed by atoms with E-state index in [0.29, 0.717) is 12.1 Å². The SMILES string of the molecule is CC1CNC(c2ccccc2)CN1CCc1ccccc1. The van der Waals surface area contributed by atoms with Crippen LogP contribution in [0.25, 0.3) is 0 Å². The van der Waals surface area contributed by atoms with Crippen molar-refractivity contribution in [2.75, 3.05) is 19.6 Å². The summed E-state index contributed by atoms with van der Waals surface area (Å²) in [4.78, 5) is 2.61. The highest BCUT2D eigenvalue weighted by molar-refractivity contribution is 5.20. The first-order chi connectivity index (χ1) is 10.3. The third kappa shape index (κ3) is 3.72. The van der Waals surface area contributed by atoms with Gasteiger partial charge in [-0.05, 0) is 24.5 Å². The Morgan fingerprint density at radius 3 is 2.38 bits per heavy atom. The van der Waals surface area contributed by atoms with Gasteiger partial charge in [-0.15, -0.1) is 0 Å². The molecule has 1 aliphatic rings. The van der Waals surface area contributed by atoms with Crippen LogP contribution >= 0.6 is 0 Å². The second kappa shape index (κ2) is 6.88. The minimum absolute atomic E-state index is 0.457. The molecular formula is C19H24N2. The van der Waals surface area contributed by atoms with Gasteiger partial charge in [-0.3, -0.25) is 4.90 Å². The fourth-order valence-corrected chi connectivity index (χ4v) is 3.06. The summed E-state index contributed by atoms with van der Waals surface area (Å²) >= 11 is 0. The molecule has 0 bridgehead atoms. The van der Waals surface area contributed by atoms with Gasteiger partial charge in [0.2, 0.25) is 0 Å². The van der Waals surface area contributed by atoms with Gasteiger partial charge in [0.1, 0.15) is 0 Å². The van der Waals surface area contributed by atoms with Crippen molar-refractivity contribution in [1.29, 1.82) is 0 Å². The Kier molecular flexibility index (Phi) is 4.69. The highest BCUT2D eigenvalue weighted by Crippen LogP contribution is 2.20. The van der Waals surface area contributed by atoms with E-state index in [0.717, 1.165) is 26.1 Å². The van der Waals surface area contributed by atoms with Gasteiger partial charge in [-0.1, -0.05) is 60.7 Å². The van der Waals surface area contributed by atoms with E-state index in [9.17, 15) is 0 Å². The van der Waals surface area contributed by atoms with Crippen molar-refractivity contribution < 1.29 is 0 Å². The van der Waals surface area contributed by atoms with Crippen molar-refractivity contribution >= 4 is 0 Å². The normalized spacial score (nSPS) is 23.1. The minimum atomic E-state index is 0.457. The molecule has 0 aromatic heterocycles. The van der Waals surface area contributed by atoms with Crippen LogP contribution in [0.1, 0.15) is 24.1 Å². The summed E-state index contributed by atoms with van der Waals surface area (Å²) in [7, 11) is 0. The van der Waals surface area contributed by atoms with E-state index in [1.807, 2.05) is 0 Å². The molecule has 2 heteroatoms. The number of nitrogens with one attached hydrogen (secondary N) is 1. The van der Waals surface area contributed by atoms with Crippen molar-refractivity contribution in [3.05, 3.63) is 71.8 Å². The molecule has 2 atom stereocenters. The summed E-state index contributed by atoms with van der Waals surface area (Å²) in [5.41, 5.74) is 2.83. The lowest BCUT2D eigenvalue weighted by Gasteiger charge is -2.39. The third-order valence-electron chi connectivity index (χ3n) is 4.43. The molecule has 110 valence electrons. The summed E-state index contributed by atoms with van der Waals surface area (Å²) in [5, 5.41) is 3.67. The largest absolute Gasteiger partial charge is 0.307 e. The zero-order valence-corrected chi connectivity index (χ0v) is 12.7. The average Bonchev–Trinajstić information content (AvgIpc) is 2.56. The van der Waals surface area contributed by atoms with Gasteiger partial charge in [-0.25, -0.2) is 0 Å². The second-order valence-corrected chi connectivity index (χ2v) is 5.95. The van der Waals surface area contributed by atoms with Crippen molar-refractivity contribution in [2.45, 2.75) is 25.4 Å². The number of piperazine rings is 1. The lowest BCUT2D eigenvalue weighted by atomic mass is 10.0. The molecule has 0 spiro atoms. The maximum Gasteiger partial charge on any atom is 0.0449 e. The summed E-state index contributed by atoms with van der Waals surface area (Å²) < 4.78 is 0. The van der Waals surface area contributed by atoms with E-state index in [1.54, 1.807) is 0 Å². The van der Waals surface area contributed by atoms with E-state index in [2.05, 4.69) is 77.8 Å². The number of rotatable bonds is 4. The first kappa shape index (κ1) is 14.3. The Hall–Kier alpha value is -1.64. The molecule has 0 amide bonds. The number of nitrogens with zero attached hydrogens (tertiary/aromatic N) is 1. The van der Waals surface area contributed by atoms with Crippen molar-refractivity contribution in [3.8, 4) is 0 Å². The maximum atomic E-state index is 3.67. The van der Waals surface area contributed by atoms with Crippen LogP contribution in [0.15, 0.2) is 60.7 Å². The molecule has 0 saturated carbocycles. The van der Waals surface area contributed by atoms with Crippen LogP contribution in [0, 0.1) is 0 Å². The lowest BCUT2D eigenvalue weighted by Crippen LogP contribution is -2.51. The topological polar surface area (TPSA) is 15.3 Å². The van der Waals surface area contributed by atoms with Crippen molar-refractivity contribution in [2.24, 2.45) is 0 Å². The Morgan fingerprint density at radius 2 is 1.67 bits per heavy atom. The molecule has 1 N–H and O–H groups in total. The quantitative estimate of drug-likeness (QED) is 0.924. The first-order valence-electron chi connectivity index (χ1n) is 7.89. The molecule has 1 aliphatic heterocycles. The van der Waals surface area contributed by atoms with Gasteiger partial charge in [-0.2, -0.15) is 0 Å². The first-order valence-corrected chi connectivity index (χ1v) is 7.89. The summed E-state index contributed by atoms with van der Waals surface area (Å²) in [6, 6.07) is 22.6. The summed E-state index contributed by atoms with van der Waals surface area (Å²) in [5.74, 6) is 0. The molecule has 21 heavy (non-hydrogen) atoms. The van der Waals surface area contributed by atoms with Crippen LogP contribution < -0.4 is 5.32 Å². The molecule has 2 aromatic carbocycles. The molecule has 2 nitrogen and oxygen atoms in total. The highest BCUT2D eigenvalue weighted by Gasteiger charge is 2.25. The Balaban J connectivity index is 1.61. The predicted octanol–water partition coefficient (Wildman–Crippen LogP) is 3.26. The molecular weight excluding hydrogens is 256 g/mol. The Labute approximate surface area is 127 Å². The number of hydrogen-bond acceptors (Lipinski definition) is 2. The van der Waals surface area contributed by atoms with Crippen LogP contribution in [0.4, 0.5) is 0 Å². The van der Waals surface area contributed by atoms with Crippen LogP contribution in [-0.2, 0) is 6.42 Å². The summed E-state index contributed by atoms with van der Waals surface area (Å²) in [6.45, 7) is 5.61. The van der Waals surface area contributed by atoms with E-state index >= 15 is 0 Å². The van der Waals surface area contributed by atoms with E-state index < -0.39 is 0 Å². The highest BCUT2D eigenvalue weighted by atomic mass is 15.2. The van der Waals surface area contributed by atoms with Crippen LogP contribution in [0.3, 0.4) is 0 Å². The third-order valence-corrected chi connectivity index (χ3v) is 4.43. The Bertz CT molecular complexity index is 538. The smallest absolute Gasteiger partial charge is 0.0449 e. The van der Waals surface area contributed by atoms with E-state index in [1.165, 1.54) is 11.1 Å². The maximum absolute atomic E-state index is 3.67. The van der Waals surface area contributed by atoms with Crippen molar-refractivity contribution in [1.82, 2.24) is 10.2 Å². The van der Waals surface area contributed by atoms with Crippen LogP contribution in [-0.4, -0.2) is 30.6 Å². The van der Waals surface area contributed by atoms with Gasteiger partial charge >= 0.3 is 0 Å². The fraction of sp³-hybridized carbons (Fsp3) is 0.368. The zero-order valence-electron chi connectivity index (χ0n) is 12.7. The molecule has 1 fully saturated rings. The number of hydrogen-bond donors (Lipinski definition) is 1. The zero-order chi connectivity index (χ0) is 14.5. The molecule has 0 radical (unpaired) electrons. The molecule has 2 aromatic rings. The molecule has 2 unspecified atom stereocenters. The van der Waals surface area contributed by atoms with Gasteiger partial charge < -0.3 is 5.32 Å². The van der Waals surface area contributed by atoms with Crippen LogP contribution in [0.5, 0.6) is 0 Å². The van der Waals surface area contributed by atoms with Gasteiger partial charge in [0.25, 0.3) is 0 Å². The van der Waals surface area contributed by atoms with E-state index in [-0.39, 0.29) is 0 Å². The molecule has 3 rings (SSSR count). The average molecular weight is 280 g/mol.